The number of carbonyl (C=O) groups excluding carboxylic acids is 1. The van der Waals surface area contributed by atoms with E-state index in [1.807, 2.05) is 6.92 Å². The summed E-state index contributed by atoms with van der Waals surface area (Å²) < 4.78 is 37.8. The van der Waals surface area contributed by atoms with Crippen LogP contribution in [-0.2, 0) is 6.18 Å². The standard InChI is InChI=1S/C16H11F3N4OS/c1-9-21-8-14(25-9)23-15(24)13-7-20-6-12(22-13)10-2-4-11(5-3-10)16(17,18)19/h2-8H,1H3,(H,23,24). The first-order chi connectivity index (χ1) is 11.8. The summed E-state index contributed by atoms with van der Waals surface area (Å²) in [5.41, 5.74) is 0.0489. The maximum atomic E-state index is 12.6. The number of anilines is 1. The van der Waals surface area contributed by atoms with Gasteiger partial charge in [0.15, 0.2) is 0 Å². The summed E-state index contributed by atoms with van der Waals surface area (Å²) >= 11 is 1.32. The Morgan fingerprint density at radius 2 is 1.84 bits per heavy atom. The maximum absolute atomic E-state index is 12.6. The Labute approximate surface area is 144 Å². The number of alkyl halides is 3. The van der Waals surface area contributed by atoms with Crippen molar-refractivity contribution in [3.8, 4) is 11.3 Å². The van der Waals surface area contributed by atoms with Crippen LogP contribution in [0.2, 0.25) is 0 Å². The van der Waals surface area contributed by atoms with E-state index in [2.05, 4.69) is 20.3 Å². The molecule has 0 aliphatic carbocycles. The van der Waals surface area contributed by atoms with Gasteiger partial charge >= 0.3 is 6.18 Å². The third-order valence-corrected chi connectivity index (χ3v) is 4.06. The molecule has 0 aliphatic rings. The molecule has 0 bridgehead atoms. The average molecular weight is 364 g/mol. The number of hydrogen-bond acceptors (Lipinski definition) is 5. The van der Waals surface area contributed by atoms with Crippen molar-refractivity contribution in [3.63, 3.8) is 0 Å². The second-order valence-corrected chi connectivity index (χ2v) is 6.30. The monoisotopic (exact) mass is 364 g/mol. The molecule has 0 spiro atoms. The van der Waals surface area contributed by atoms with Crippen LogP contribution in [0.5, 0.6) is 0 Å². The number of carbonyl (C=O) groups is 1. The van der Waals surface area contributed by atoms with Crippen molar-refractivity contribution < 1.29 is 18.0 Å². The van der Waals surface area contributed by atoms with Crippen molar-refractivity contribution in [3.05, 3.63) is 59.1 Å². The van der Waals surface area contributed by atoms with Crippen molar-refractivity contribution in [2.24, 2.45) is 0 Å². The van der Waals surface area contributed by atoms with Gasteiger partial charge in [-0.3, -0.25) is 9.78 Å². The number of nitrogens with zero attached hydrogens (tertiary/aromatic N) is 3. The molecule has 9 heteroatoms. The fraction of sp³-hybridized carbons (Fsp3) is 0.125. The van der Waals surface area contributed by atoms with Crippen molar-refractivity contribution in [1.29, 1.82) is 0 Å². The minimum atomic E-state index is -4.40. The molecule has 3 aromatic rings. The molecule has 0 radical (unpaired) electrons. The van der Waals surface area contributed by atoms with Gasteiger partial charge in [0.1, 0.15) is 10.7 Å². The zero-order valence-electron chi connectivity index (χ0n) is 12.8. The third kappa shape index (κ3) is 4.00. The summed E-state index contributed by atoms with van der Waals surface area (Å²) in [5.74, 6) is -0.468. The van der Waals surface area contributed by atoms with Gasteiger partial charge in [0.25, 0.3) is 5.91 Å². The summed E-state index contributed by atoms with van der Waals surface area (Å²) in [6.07, 6.45) is -0.198. The Hall–Kier alpha value is -2.81. The number of aromatic nitrogens is 3. The maximum Gasteiger partial charge on any atom is 0.416 e. The highest BCUT2D eigenvalue weighted by Gasteiger charge is 2.30. The number of halogens is 3. The normalized spacial score (nSPS) is 11.4. The number of nitrogens with one attached hydrogen (secondary N) is 1. The third-order valence-electron chi connectivity index (χ3n) is 3.23. The molecule has 3 rings (SSSR count). The predicted molar refractivity (Wildman–Crippen MR) is 87.3 cm³/mol. The van der Waals surface area contributed by atoms with Crippen LogP contribution in [0.3, 0.4) is 0 Å². The Bertz CT molecular complexity index is 906. The first-order valence-electron chi connectivity index (χ1n) is 7.06. The first kappa shape index (κ1) is 17.0. The van der Waals surface area contributed by atoms with Gasteiger partial charge in [0.2, 0.25) is 0 Å². The van der Waals surface area contributed by atoms with E-state index < -0.39 is 17.6 Å². The summed E-state index contributed by atoms with van der Waals surface area (Å²) in [6, 6.07) is 4.51. The van der Waals surface area contributed by atoms with Crippen LogP contribution in [0.15, 0.2) is 42.9 Å². The lowest BCUT2D eigenvalue weighted by Gasteiger charge is -2.08. The van der Waals surface area contributed by atoms with Gasteiger partial charge in [-0.2, -0.15) is 13.2 Å². The Kier molecular flexibility index (Phi) is 4.49. The Morgan fingerprint density at radius 3 is 2.44 bits per heavy atom. The van der Waals surface area contributed by atoms with Gasteiger partial charge in [0.05, 0.1) is 34.9 Å². The quantitative estimate of drug-likeness (QED) is 0.757. The number of amides is 1. The van der Waals surface area contributed by atoms with Crippen LogP contribution in [-0.4, -0.2) is 20.9 Å². The van der Waals surface area contributed by atoms with Gasteiger partial charge in [-0.05, 0) is 19.1 Å². The van der Waals surface area contributed by atoms with Crippen LogP contribution >= 0.6 is 11.3 Å². The van der Waals surface area contributed by atoms with E-state index in [-0.39, 0.29) is 5.69 Å². The fourth-order valence-electron chi connectivity index (χ4n) is 2.04. The van der Waals surface area contributed by atoms with E-state index in [1.165, 1.54) is 42.1 Å². The molecule has 2 heterocycles. The zero-order chi connectivity index (χ0) is 18.0. The van der Waals surface area contributed by atoms with Gasteiger partial charge in [0, 0.05) is 5.56 Å². The fourth-order valence-corrected chi connectivity index (χ4v) is 2.71. The highest BCUT2D eigenvalue weighted by atomic mass is 32.1. The number of thiazole rings is 1. The van der Waals surface area contributed by atoms with E-state index in [0.717, 1.165) is 17.1 Å². The number of hydrogen-bond donors (Lipinski definition) is 1. The van der Waals surface area contributed by atoms with E-state index in [0.29, 0.717) is 16.3 Å². The molecular formula is C16H11F3N4OS. The minimum Gasteiger partial charge on any atom is -0.311 e. The molecule has 0 atom stereocenters. The molecular weight excluding hydrogens is 353 g/mol. The van der Waals surface area contributed by atoms with Crippen molar-refractivity contribution in [1.82, 2.24) is 15.0 Å². The summed E-state index contributed by atoms with van der Waals surface area (Å²) in [4.78, 5) is 24.3. The van der Waals surface area contributed by atoms with E-state index in [4.69, 9.17) is 0 Å². The molecule has 0 saturated carbocycles. The number of benzene rings is 1. The van der Waals surface area contributed by atoms with Crippen LogP contribution in [0.1, 0.15) is 21.1 Å². The largest absolute Gasteiger partial charge is 0.416 e. The topological polar surface area (TPSA) is 67.8 Å². The van der Waals surface area contributed by atoms with Crippen LogP contribution in [0.25, 0.3) is 11.3 Å². The molecule has 1 N–H and O–H groups in total. The van der Waals surface area contributed by atoms with Gasteiger partial charge in [-0.25, -0.2) is 9.97 Å². The SMILES string of the molecule is Cc1ncc(NC(=O)c2cncc(-c3ccc(C(F)(F)F)cc3)n2)s1. The average Bonchev–Trinajstić information content (AvgIpc) is 2.99. The molecule has 1 aromatic carbocycles. The minimum absolute atomic E-state index is 0.0588. The molecule has 128 valence electrons. The van der Waals surface area contributed by atoms with Crippen molar-refractivity contribution in [2.45, 2.75) is 13.1 Å². The Balaban J connectivity index is 1.82. The molecule has 0 fully saturated rings. The summed E-state index contributed by atoms with van der Waals surface area (Å²) in [6.45, 7) is 1.81. The highest BCUT2D eigenvalue weighted by Crippen LogP contribution is 2.30. The molecule has 0 aliphatic heterocycles. The van der Waals surface area contributed by atoms with Crippen LogP contribution in [0, 0.1) is 6.92 Å². The molecule has 5 nitrogen and oxygen atoms in total. The summed E-state index contributed by atoms with van der Waals surface area (Å²) in [7, 11) is 0. The van der Waals surface area contributed by atoms with E-state index >= 15 is 0 Å². The second kappa shape index (κ2) is 6.60. The second-order valence-electron chi connectivity index (χ2n) is 5.06. The molecule has 0 unspecified atom stereocenters. The highest BCUT2D eigenvalue weighted by molar-refractivity contribution is 7.15. The zero-order valence-corrected chi connectivity index (χ0v) is 13.6. The van der Waals surface area contributed by atoms with Crippen molar-refractivity contribution >= 4 is 22.2 Å². The van der Waals surface area contributed by atoms with Gasteiger partial charge < -0.3 is 5.32 Å². The molecule has 2 aromatic heterocycles. The van der Waals surface area contributed by atoms with E-state index in [9.17, 15) is 18.0 Å². The Morgan fingerprint density at radius 1 is 1.12 bits per heavy atom. The molecule has 1 amide bonds. The van der Waals surface area contributed by atoms with Crippen LogP contribution in [0.4, 0.5) is 18.2 Å². The molecule has 0 saturated heterocycles. The molecule has 25 heavy (non-hydrogen) atoms. The lowest BCUT2D eigenvalue weighted by atomic mass is 10.1. The lowest BCUT2D eigenvalue weighted by Crippen LogP contribution is -2.13. The number of aryl methyl sites for hydroxylation is 1. The van der Waals surface area contributed by atoms with E-state index in [1.54, 1.807) is 0 Å². The lowest BCUT2D eigenvalue weighted by molar-refractivity contribution is -0.137. The summed E-state index contributed by atoms with van der Waals surface area (Å²) in [5, 5.41) is 4.03. The smallest absolute Gasteiger partial charge is 0.311 e. The van der Waals surface area contributed by atoms with Crippen LogP contribution < -0.4 is 5.32 Å². The first-order valence-corrected chi connectivity index (χ1v) is 7.88. The van der Waals surface area contributed by atoms with Crippen molar-refractivity contribution in [2.75, 3.05) is 5.32 Å². The predicted octanol–water partition coefficient (Wildman–Crippen LogP) is 4.18. The number of rotatable bonds is 3. The van der Waals surface area contributed by atoms with Gasteiger partial charge in [-0.1, -0.05) is 12.1 Å². The van der Waals surface area contributed by atoms with Gasteiger partial charge in [-0.15, -0.1) is 11.3 Å².